The van der Waals surface area contributed by atoms with Gasteiger partial charge in [-0.15, -0.1) is 0 Å². The molecule has 0 aliphatic carbocycles. The van der Waals surface area contributed by atoms with E-state index in [0.717, 1.165) is 17.1 Å². The molecule has 1 amide bonds. The topological polar surface area (TPSA) is 41.6 Å². The molecular weight excluding hydrogens is 272 g/mol. The maximum absolute atomic E-state index is 12.4. The van der Waals surface area contributed by atoms with Gasteiger partial charge in [-0.3, -0.25) is 10.1 Å². The molecule has 20 heavy (non-hydrogen) atoms. The number of amides is 1. The largest absolute Gasteiger partial charge is 0.496 e. The van der Waals surface area contributed by atoms with Crippen LogP contribution in [0.15, 0.2) is 24.3 Å². The van der Waals surface area contributed by atoms with Crippen molar-refractivity contribution < 1.29 is 9.53 Å². The van der Waals surface area contributed by atoms with E-state index in [1.165, 1.54) is 0 Å². The predicted octanol–water partition coefficient (Wildman–Crippen LogP) is 2.27. The highest BCUT2D eigenvalue weighted by Gasteiger charge is 2.40. The number of para-hydroxylation sites is 1. The van der Waals surface area contributed by atoms with Gasteiger partial charge in [-0.05, 0) is 26.2 Å². The summed E-state index contributed by atoms with van der Waals surface area (Å²) in [6, 6.07) is 7.89. The summed E-state index contributed by atoms with van der Waals surface area (Å²) in [5.41, 5.74) is 1.01. The van der Waals surface area contributed by atoms with Crippen LogP contribution in [0.1, 0.15) is 25.6 Å². The molecule has 0 radical (unpaired) electrons. The van der Waals surface area contributed by atoms with E-state index in [2.05, 4.69) is 18.5 Å². The lowest BCUT2D eigenvalue weighted by atomic mass is 10.1. The van der Waals surface area contributed by atoms with Gasteiger partial charge in [0.15, 0.2) is 0 Å². The first-order valence-electron chi connectivity index (χ1n) is 6.80. The molecule has 1 aliphatic heterocycles. The van der Waals surface area contributed by atoms with Gasteiger partial charge in [-0.1, -0.05) is 18.2 Å². The number of hydrogen-bond acceptors (Lipinski definition) is 4. The van der Waals surface area contributed by atoms with Gasteiger partial charge in [-0.25, -0.2) is 0 Å². The molecule has 0 bridgehead atoms. The fourth-order valence-corrected chi connectivity index (χ4v) is 3.31. The van der Waals surface area contributed by atoms with Crippen molar-refractivity contribution in [1.82, 2.24) is 10.2 Å². The van der Waals surface area contributed by atoms with Crippen molar-refractivity contribution >= 4 is 17.7 Å². The van der Waals surface area contributed by atoms with Crippen molar-refractivity contribution in [2.75, 3.05) is 19.1 Å². The van der Waals surface area contributed by atoms with Gasteiger partial charge in [0.1, 0.15) is 11.9 Å². The third kappa shape index (κ3) is 2.79. The molecule has 0 spiro atoms. The Hall–Kier alpha value is -1.20. The Morgan fingerprint density at radius 3 is 2.80 bits per heavy atom. The van der Waals surface area contributed by atoms with Crippen molar-refractivity contribution in [2.45, 2.75) is 32.1 Å². The zero-order valence-electron chi connectivity index (χ0n) is 12.4. The lowest BCUT2D eigenvalue weighted by Gasteiger charge is -2.31. The van der Waals surface area contributed by atoms with Crippen LogP contribution in [-0.4, -0.2) is 42.0 Å². The highest BCUT2D eigenvalue weighted by Crippen LogP contribution is 2.33. The quantitative estimate of drug-likeness (QED) is 0.904. The van der Waals surface area contributed by atoms with Gasteiger partial charge >= 0.3 is 0 Å². The number of carbonyl (C=O) groups excluding carboxylic acids is 1. The molecule has 4 nitrogen and oxygen atoms in total. The van der Waals surface area contributed by atoms with Crippen LogP contribution in [0.3, 0.4) is 0 Å². The lowest BCUT2D eigenvalue weighted by molar-refractivity contribution is -0.131. The number of ether oxygens (including phenoxy) is 1. The number of carbonyl (C=O) groups is 1. The Kier molecular flexibility index (Phi) is 4.94. The Labute approximate surface area is 124 Å². The summed E-state index contributed by atoms with van der Waals surface area (Å²) < 4.78 is 5.43. The van der Waals surface area contributed by atoms with E-state index < -0.39 is 0 Å². The average molecular weight is 294 g/mol. The first-order chi connectivity index (χ1) is 9.60. The number of rotatable bonds is 5. The fraction of sp³-hybridized carbons (Fsp3) is 0.533. The molecule has 1 fully saturated rings. The van der Waals surface area contributed by atoms with Crippen molar-refractivity contribution in [3.05, 3.63) is 29.8 Å². The molecule has 1 N–H and O–H groups in total. The first kappa shape index (κ1) is 15.2. The summed E-state index contributed by atoms with van der Waals surface area (Å²) >= 11 is 1.75. The maximum atomic E-state index is 12.4. The number of hydrogen-bond donors (Lipinski definition) is 1. The zero-order chi connectivity index (χ0) is 14.7. The number of benzene rings is 1. The molecule has 1 saturated heterocycles. The molecule has 2 rings (SSSR count). The molecule has 110 valence electrons. The van der Waals surface area contributed by atoms with Crippen LogP contribution in [0.5, 0.6) is 5.75 Å². The highest BCUT2D eigenvalue weighted by atomic mass is 32.2. The molecule has 0 aromatic heterocycles. The Balaban J connectivity index is 2.35. The van der Waals surface area contributed by atoms with Gasteiger partial charge in [0.05, 0.1) is 13.2 Å². The Morgan fingerprint density at radius 1 is 1.45 bits per heavy atom. The lowest BCUT2D eigenvalue weighted by Crippen LogP contribution is -2.39. The third-order valence-electron chi connectivity index (χ3n) is 3.63. The Morgan fingerprint density at radius 2 is 2.15 bits per heavy atom. The van der Waals surface area contributed by atoms with Crippen LogP contribution in [-0.2, 0) is 4.79 Å². The standard InChI is InChI=1S/C15H22N2O2S/c1-10(9-20-4)17-14(16-11(2)15(17)18)12-7-5-6-8-13(12)19-3/h5-8,10-11,14,16H,9H2,1-4H3. The van der Waals surface area contributed by atoms with E-state index in [-0.39, 0.29) is 24.2 Å². The minimum absolute atomic E-state index is 0.115. The molecule has 1 aliphatic rings. The molecule has 5 heteroatoms. The number of nitrogens with zero attached hydrogens (tertiary/aromatic N) is 1. The molecule has 1 aromatic rings. The van der Waals surface area contributed by atoms with Crippen molar-refractivity contribution in [3.8, 4) is 5.75 Å². The Bertz CT molecular complexity index is 481. The molecule has 1 aromatic carbocycles. The molecule has 0 saturated carbocycles. The number of thioether (sulfide) groups is 1. The molecule has 3 unspecified atom stereocenters. The zero-order valence-corrected chi connectivity index (χ0v) is 13.2. The maximum Gasteiger partial charge on any atom is 0.241 e. The summed E-state index contributed by atoms with van der Waals surface area (Å²) in [7, 11) is 1.66. The third-order valence-corrected chi connectivity index (χ3v) is 4.44. The molecular formula is C15H22N2O2S. The van der Waals surface area contributed by atoms with Crippen LogP contribution in [0.25, 0.3) is 0 Å². The summed E-state index contributed by atoms with van der Waals surface area (Å²) in [5, 5.41) is 3.37. The number of nitrogens with one attached hydrogen (secondary N) is 1. The monoisotopic (exact) mass is 294 g/mol. The van der Waals surface area contributed by atoms with Crippen LogP contribution >= 0.6 is 11.8 Å². The molecule has 3 atom stereocenters. The second-order valence-corrected chi connectivity index (χ2v) is 5.99. The summed E-state index contributed by atoms with van der Waals surface area (Å²) in [6.07, 6.45) is 1.95. The summed E-state index contributed by atoms with van der Waals surface area (Å²) in [6.45, 7) is 4.01. The van der Waals surface area contributed by atoms with Gasteiger partial charge in [0, 0.05) is 17.4 Å². The van der Waals surface area contributed by atoms with E-state index in [0.29, 0.717) is 0 Å². The van der Waals surface area contributed by atoms with E-state index in [9.17, 15) is 4.79 Å². The van der Waals surface area contributed by atoms with Gasteiger partial charge in [0.25, 0.3) is 0 Å². The van der Waals surface area contributed by atoms with Gasteiger partial charge < -0.3 is 9.64 Å². The first-order valence-corrected chi connectivity index (χ1v) is 8.19. The smallest absolute Gasteiger partial charge is 0.241 e. The normalized spacial score (nSPS) is 24.0. The predicted molar refractivity (Wildman–Crippen MR) is 83.0 cm³/mol. The summed E-state index contributed by atoms with van der Waals surface area (Å²) in [5.74, 6) is 1.89. The van der Waals surface area contributed by atoms with Crippen molar-refractivity contribution in [3.63, 3.8) is 0 Å². The van der Waals surface area contributed by atoms with Crippen LogP contribution in [0.2, 0.25) is 0 Å². The minimum atomic E-state index is -0.158. The van der Waals surface area contributed by atoms with Gasteiger partial charge in [-0.2, -0.15) is 11.8 Å². The second-order valence-electron chi connectivity index (χ2n) is 5.08. The van der Waals surface area contributed by atoms with Gasteiger partial charge in [0.2, 0.25) is 5.91 Å². The van der Waals surface area contributed by atoms with E-state index in [1.807, 2.05) is 36.1 Å². The van der Waals surface area contributed by atoms with Crippen molar-refractivity contribution in [2.24, 2.45) is 0 Å². The molecule has 1 heterocycles. The fourth-order valence-electron chi connectivity index (χ4n) is 2.66. The van der Waals surface area contributed by atoms with E-state index in [4.69, 9.17) is 4.74 Å². The average Bonchev–Trinajstić information content (AvgIpc) is 2.75. The van der Waals surface area contributed by atoms with E-state index in [1.54, 1.807) is 18.9 Å². The van der Waals surface area contributed by atoms with Crippen molar-refractivity contribution in [1.29, 1.82) is 0 Å². The minimum Gasteiger partial charge on any atom is -0.496 e. The van der Waals surface area contributed by atoms with Crippen LogP contribution in [0.4, 0.5) is 0 Å². The van der Waals surface area contributed by atoms with Crippen LogP contribution < -0.4 is 10.1 Å². The second kappa shape index (κ2) is 6.50. The number of methoxy groups -OCH3 is 1. The SMILES string of the molecule is COc1ccccc1C1NC(C)C(=O)N1C(C)CSC. The van der Waals surface area contributed by atoms with E-state index >= 15 is 0 Å². The highest BCUT2D eigenvalue weighted by molar-refractivity contribution is 7.98. The van der Waals surface area contributed by atoms with Crippen LogP contribution in [0, 0.1) is 0 Å². The summed E-state index contributed by atoms with van der Waals surface area (Å²) in [4.78, 5) is 14.4.